The summed E-state index contributed by atoms with van der Waals surface area (Å²) in [6.45, 7) is 5.05. The second-order valence-electron chi connectivity index (χ2n) is 4.10. The first-order valence-corrected chi connectivity index (χ1v) is 5.07. The van der Waals surface area contributed by atoms with Crippen LogP contribution in [-0.4, -0.2) is 11.7 Å². The first-order chi connectivity index (χ1) is 6.99. The zero-order chi connectivity index (χ0) is 11.6. The fourth-order valence-electron chi connectivity index (χ4n) is 1.58. The normalized spacial score (nSPS) is 13.3. The van der Waals surface area contributed by atoms with Crippen molar-refractivity contribution in [3.63, 3.8) is 0 Å². The molecule has 0 saturated carbocycles. The summed E-state index contributed by atoms with van der Waals surface area (Å²) in [7, 11) is 0. The van der Waals surface area contributed by atoms with Crippen LogP contribution in [0.15, 0.2) is 12.1 Å². The lowest BCUT2D eigenvalue weighted by molar-refractivity contribution is 0.267. The number of rotatable bonds is 3. The molecular weight excluding hydrogens is 198 g/mol. The number of aliphatic hydroxyl groups is 1. The highest BCUT2D eigenvalue weighted by Gasteiger charge is 2.19. The Bertz CT molecular complexity index is 348. The fourth-order valence-corrected chi connectivity index (χ4v) is 1.58. The lowest BCUT2D eigenvalue weighted by atomic mass is 9.94. The largest absolute Gasteiger partial charge is 0.396 e. The molecule has 1 atom stereocenters. The van der Waals surface area contributed by atoms with Gasteiger partial charge in [0.25, 0.3) is 0 Å². The Labute approximate surface area is 88.7 Å². The van der Waals surface area contributed by atoms with Crippen LogP contribution >= 0.6 is 0 Å². The van der Waals surface area contributed by atoms with Crippen LogP contribution < -0.4 is 0 Å². The summed E-state index contributed by atoms with van der Waals surface area (Å²) in [5.74, 6) is -1.61. The summed E-state index contributed by atoms with van der Waals surface area (Å²) in [5.41, 5.74) is 0.482. The Morgan fingerprint density at radius 2 is 1.80 bits per heavy atom. The van der Waals surface area contributed by atoms with Crippen molar-refractivity contribution >= 4 is 0 Å². The Hall–Kier alpha value is -0.960. The molecule has 15 heavy (non-hydrogen) atoms. The van der Waals surface area contributed by atoms with Gasteiger partial charge in [0.15, 0.2) is 0 Å². The molecule has 0 radical (unpaired) electrons. The van der Waals surface area contributed by atoms with Crippen LogP contribution in [0.4, 0.5) is 8.78 Å². The maximum Gasteiger partial charge on any atom is 0.133 e. The van der Waals surface area contributed by atoms with Crippen molar-refractivity contribution < 1.29 is 13.9 Å². The first kappa shape index (κ1) is 12.1. The molecule has 1 nitrogen and oxygen atoms in total. The van der Waals surface area contributed by atoms with Crippen LogP contribution in [0.5, 0.6) is 0 Å². The molecule has 0 bridgehead atoms. The van der Waals surface area contributed by atoms with Crippen molar-refractivity contribution in [3.8, 4) is 0 Å². The molecule has 0 aliphatic heterocycles. The van der Waals surface area contributed by atoms with Gasteiger partial charge in [-0.15, -0.1) is 0 Å². The van der Waals surface area contributed by atoms with Gasteiger partial charge in [-0.2, -0.15) is 0 Å². The maximum absolute atomic E-state index is 13.9. The zero-order valence-electron chi connectivity index (χ0n) is 9.22. The Kier molecular flexibility index (Phi) is 3.80. The summed E-state index contributed by atoms with van der Waals surface area (Å²) in [6, 6.07) is 2.73. The Morgan fingerprint density at radius 1 is 1.20 bits per heavy atom. The molecule has 0 aliphatic rings. The quantitative estimate of drug-likeness (QED) is 0.819. The van der Waals surface area contributed by atoms with Gasteiger partial charge in [-0.3, -0.25) is 0 Å². The van der Waals surface area contributed by atoms with E-state index in [9.17, 15) is 8.78 Å². The second-order valence-corrected chi connectivity index (χ2v) is 4.10. The molecule has 0 fully saturated rings. The molecule has 1 unspecified atom stereocenters. The lowest BCUT2D eigenvalue weighted by Gasteiger charge is -2.15. The third kappa shape index (κ3) is 2.34. The highest BCUT2D eigenvalue weighted by molar-refractivity contribution is 5.31. The van der Waals surface area contributed by atoms with Crippen LogP contribution in [0.3, 0.4) is 0 Å². The van der Waals surface area contributed by atoms with Crippen LogP contribution in [-0.2, 0) is 0 Å². The SMILES string of the molecule is CC(C)c1ccc(F)c(C(C)CO)c1F. The van der Waals surface area contributed by atoms with Crippen LogP contribution in [0.2, 0.25) is 0 Å². The topological polar surface area (TPSA) is 20.2 Å². The molecular formula is C12H16F2O. The van der Waals surface area contributed by atoms with Crippen LogP contribution in [0, 0.1) is 11.6 Å². The predicted octanol–water partition coefficient (Wildman–Crippen LogP) is 3.18. The van der Waals surface area contributed by atoms with E-state index in [1.807, 2.05) is 13.8 Å². The molecule has 0 saturated heterocycles. The average molecular weight is 214 g/mol. The van der Waals surface area contributed by atoms with Gasteiger partial charge in [-0.1, -0.05) is 26.8 Å². The molecule has 0 spiro atoms. The molecule has 84 valence electrons. The first-order valence-electron chi connectivity index (χ1n) is 5.07. The van der Waals surface area contributed by atoms with Gasteiger partial charge in [0.2, 0.25) is 0 Å². The Balaban J connectivity index is 3.30. The molecule has 3 heteroatoms. The average Bonchev–Trinajstić information content (AvgIpc) is 2.16. The zero-order valence-corrected chi connectivity index (χ0v) is 9.22. The molecule has 1 N–H and O–H groups in total. The lowest BCUT2D eigenvalue weighted by Crippen LogP contribution is -2.08. The van der Waals surface area contributed by atoms with E-state index in [2.05, 4.69) is 0 Å². The number of benzene rings is 1. The molecule has 0 aliphatic carbocycles. The molecule has 0 heterocycles. The molecule has 1 aromatic rings. The van der Waals surface area contributed by atoms with E-state index in [0.717, 1.165) is 0 Å². The van der Waals surface area contributed by atoms with E-state index in [1.165, 1.54) is 12.1 Å². The third-order valence-electron chi connectivity index (χ3n) is 2.55. The van der Waals surface area contributed by atoms with Gasteiger partial charge < -0.3 is 5.11 Å². The number of hydrogen-bond acceptors (Lipinski definition) is 1. The van der Waals surface area contributed by atoms with Gasteiger partial charge >= 0.3 is 0 Å². The van der Waals surface area contributed by atoms with Gasteiger partial charge in [-0.05, 0) is 17.5 Å². The standard InChI is InChI=1S/C12H16F2O/c1-7(2)9-4-5-10(13)11(12(9)14)8(3)6-15/h4-5,7-8,15H,6H2,1-3H3. The van der Waals surface area contributed by atoms with Crippen molar-refractivity contribution in [1.82, 2.24) is 0 Å². The van der Waals surface area contributed by atoms with E-state index < -0.39 is 17.6 Å². The summed E-state index contributed by atoms with van der Waals surface area (Å²) < 4.78 is 27.3. The number of halogens is 2. The van der Waals surface area contributed by atoms with Crippen molar-refractivity contribution in [2.75, 3.05) is 6.61 Å². The third-order valence-corrected chi connectivity index (χ3v) is 2.55. The summed E-state index contributed by atoms with van der Waals surface area (Å²) >= 11 is 0. The highest BCUT2D eigenvalue weighted by atomic mass is 19.1. The van der Waals surface area contributed by atoms with Gasteiger partial charge in [-0.25, -0.2) is 8.78 Å². The number of aliphatic hydroxyl groups excluding tert-OH is 1. The van der Waals surface area contributed by atoms with Gasteiger partial charge in [0.05, 0.1) is 0 Å². The maximum atomic E-state index is 13.9. The van der Waals surface area contributed by atoms with Crippen molar-refractivity contribution in [3.05, 3.63) is 34.9 Å². The predicted molar refractivity (Wildman–Crippen MR) is 55.9 cm³/mol. The van der Waals surface area contributed by atoms with E-state index in [1.54, 1.807) is 6.92 Å². The summed E-state index contributed by atoms with van der Waals surface area (Å²) in [6.07, 6.45) is 0. The van der Waals surface area contributed by atoms with E-state index in [4.69, 9.17) is 5.11 Å². The summed E-state index contributed by atoms with van der Waals surface area (Å²) in [4.78, 5) is 0. The van der Waals surface area contributed by atoms with Gasteiger partial charge in [0.1, 0.15) is 11.6 Å². The molecule has 0 amide bonds. The molecule has 1 rings (SSSR count). The summed E-state index contributed by atoms with van der Waals surface area (Å²) in [5, 5.41) is 8.93. The van der Waals surface area contributed by atoms with Crippen LogP contribution in [0.1, 0.15) is 43.7 Å². The van der Waals surface area contributed by atoms with Crippen LogP contribution in [0.25, 0.3) is 0 Å². The van der Waals surface area contributed by atoms with Crippen molar-refractivity contribution in [2.45, 2.75) is 32.6 Å². The number of hydrogen-bond donors (Lipinski definition) is 1. The fraction of sp³-hybridized carbons (Fsp3) is 0.500. The minimum absolute atomic E-state index is 0.00948. The monoisotopic (exact) mass is 214 g/mol. The van der Waals surface area contributed by atoms with E-state index in [0.29, 0.717) is 5.56 Å². The van der Waals surface area contributed by atoms with Crippen molar-refractivity contribution in [2.24, 2.45) is 0 Å². The minimum Gasteiger partial charge on any atom is -0.396 e. The molecule has 0 aromatic heterocycles. The van der Waals surface area contributed by atoms with E-state index >= 15 is 0 Å². The Morgan fingerprint density at radius 3 is 2.27 bits per heavy atom. The van der Waals surface area contributed by atoms with Crippen molar-refractivity contribution in [1.29, 1.82) is 0 Å². The smallest absolute Gasteiger partial charge is 0.133 e. The second kappa shape index (κ2) is 4.71. The molecule has 1 aromatic carbocycles. The highest BCUT2D eigenvalue weighted by Crippen LogP contribution is 2.28. The van der Waals surface area contributed by atoms with E-state index in [-0.39, 0.29) is 18.1 Å². The minimum atomic E-state index is -0.585. The van der Waals surface area contributed by atoms with Gasteiger partial charge in [0, 0.05) is 18.1 Å².